The van der Waals surface area contributed by atoms with Crippen LogP contribution in [0.4, 0.5) is 0 Å². The molecule has 1 heterocycles. The van der Waals surface area contributed by atoms with Crippen molar-refractivity contribution in [2.75, 3.05) is 0 Å². The minimum Gasteiger partial charge on any atom is -0.462 e. The molecule has 0 saturated carbocycles. The molecule has 2 aliphatic rings. The topological polar surface area (TPSA) is 69.7 Å². The first-order valence-corrected chi connectivity index (χ1v) is 7.54. The van der Waals surface area contributed by atoms with Crippen molar-refractivity contribution >= 4 is 17.7 Å². The van der Waals surface area contributed by atoms with Gasteiger partial charge in [-0.25, -0.2) is 0 Å². The lowest BCUT2D eigenvalue weighted by molar-refractivity contribution is -0.150. The van der Waals surface area contributed by atoms with Gasteiger partial charge in [-0.1, -0.05) is 18.6 Å². The Balaban J connectivity index is 2.43. The van der Waals surface area contributed by atoms with Crippen LogP contribution >= 0.6 is 0 Å². The van der Waals surface area contributed by atoms with Crippen molar-refractivity contribution in [3.05, 3.63) is 23.3 Å². The Bertz CT molecular complexity index is 557. The van der Waals surface area contributed by atoms with Gasteiger partial charge >= 0.3 is 11.9 Å². The van der Waals surface area contributed by atoms with Gasteiger partial charge in [0.05, 0.1) is 11.8 Å². The summed E-state index contributed by atoms with van der Waals surface area (Å²) in [6.45, 7) is 6.77. The van der Waals surface area contributed by atoms with E-state index >= 15 is 0 Å². The molecule has 0 aromatic heterocycles. The Morgan fingerprint density at radius 3 is 2.64 bits per heavy atom. The number of rotatable bonds is 1. The van der Waals surface area contributed by atoms with Gasteiger partial charge in [0.1, 0.15) is 12.2 Å². The van der Waals surface area contributed by atoms with Gasteiger partial charge in [-0.2, -0.15) is 0 Å². The van der Waals surface area contributed by atoms with E-state index in [1.807, 2.05) is 13.0 Å². The van der Waals surface area contributed by atoms with Crippen LogP contribution in [0.25, 0.3) is 0 Å². The minimum atomic E-state index is -0.526. The summed E-state index contributed by atoms with van der Waals surface area (Å²) < 4.78 is 10.9. The Morgan fingerprint density at radius 2 is 2.00 bits per heavy atom. The van der Waals surface area contributed by atoms with Gasteiger partial charge in [0.15, 0.2) is 5.78 Å². The monoisotopic (exact) mass is 306 g/mol. The van der Waals surface area contributed by atoms with Crippen molar-refractivity contribution in [2.24, 2.45) is 11.8 Å². The zero-order chi connectivity index (χ0) is 16.4. The van der Waals surface area contributed by atoms with E-state index < -0.39 is 12.2 Å². The third kappa shape index (κ3) is 3.46. The average Bonchev–Trinajstić information content (AvgIpc) is 2.69. The van der Waals surface area contributed by atoms with E-state index in [2.05, 4.69) is 0 Å². The van der Waals surface area contributed by atoms with E-state index in [1.54, 1.807) is 19.9 Å². The molecule has 0 unspecified atom stereocenters. The van der Waals surface area contributed by atoms with Crippen molar-refractivity contribution in [1.29, 1.82) is 0 Å². The smallest absolute Gasteiger partial charge is 0.309 e. The second-order valence-corrected chi connectivity index (χ2v) is 6.15. The first-order valence-electron chi connectivity index (χ1n) is 7.54. The molecule has 1 fully saturated rings. The number of Topliss-reactive ketones (excluding diaryl/α,β-unsaturated/α-hetero) is 1. The summed E-state index contributed by atoms with van der Waals surface area (Å²) in [5, 5.41) is 0. The molecular formula is C17H22O5. The highest BCUT2D eigenvalue weighted by atomic mass is 16.6. The van der Waals surface area contributed by atoms with Crippen LogP contribution in [-0.2, 0) is 23.9 Å². The SMILES string of the molecule is CC(=O)O[C@H]1C/C(C)=C\CC(=O)/C(C)=C\[C@@H]2OC(=O)[C@@H](C)[C@@H]21. The van der Waals surface area contributed by atoms with E-state index in [1.165, 1.54) is 6.92 Å². The molecule has 1 saturated heterocycles. The Labute approximate surface area is 130 Å². The summed E-state index contributed by atoms with van der Waals surface area (Å²) in [4.78, 5) is 35.4. The maximum absolute atomic E-state index is 12.0. The third-order valence-corrected chi connectivity index (χ3v) is 4.34. The minimum absolute atomic E-state index is 0.0136. The third-order valence-electron chi connectivity index (χ3n) is 4.34. The van der Waals surface area contributed by atoms with E-state index in [0.717, 1.165) is 5.57 Å². The Kier molecular flexibility index (Phi) is 4.84. The lowest BCUT2D eigenvalue weighted by atomic mass is 9.82. The second-order valence-electron chi connectivity index (χ2n) is 6.15. The van der Waals surface area contributed by atoms with Crippen molar-refractivity contribution in [3.63, 3.8) is 0 Å². The summed E-state index contributed by atoms with van der Waals surface area (Å²) in [5.41, 5.74) is 1.55. The first kappa shape index (κ1) is 16.5. The summed E-state index contributed by atoms with van der Waals surface area (Å²) in [5.74, 6) is -1.33. The fourth-order valence-corrected chi connectivity index (χ4v) is 3.08. The Morgan fingerprint density at radius 1 is 1.32 bits per heavy atom. The van der Waals surface area contributed by atoms with Crippen LogP contribution in [0.1, 0.15) is 40.5 Å². The summed E-state index contributed by atoms with van der Waals surface area (Å²) in [7, 11) is 0. The maximum atomic E-state index is 12.0. The van der Waals surface area contributed by atoms with Crippen LogP contribution in [0.5, 0.6) is 0 Å². The number of carbonyl (C=O) groups is 3. The number of fused-ring (bicyclic) bond motifs is 1. The van der Waals surface area contributed by atoms with Crippen molar-refractivity contribution in [1.82, 2.24) is 0 Å². The predicted molar refractivity (Wildman–Crippen MR) is 79.8 cm³/mol. The number of carbonyl (C=O) groups excluding carboxylic acids is 3. The van der Waals surface area contributed by atoms with Crippen molar-refractivity contribution < 1.29 is 23.9 Å². The molecule has 0 spiro atoms. The quantitative estimate of drug-likeness (QED) is 0.549. The standard InChI is InChI=1S/C17H22O5/c1-9-5-6-13(19)10(2)8-15-16(11(3)17(20)22-15)14(7-9)21-12(4)18/h5,8,11,14-16H,6-7H2,1-4H3/b9-5-,10-8-/t11-,14-,15-,16+/m0/s1. The molecule has 22 heavy (non-hydrogen) atoms. The fraction of sp³-hybridized carbons (Fsp3) is 0.588. The van der Waals surface area contributed by atoms with Crippen molar-refractivity contribution in [2.45, 2.75) is 52.7 Å². The summed E-state index contributed by atoms with van der Waals surface area (Å²) in [6.07, 6.45) is 3.40. The largest absolute Gasteiger partial charge is 0.462 e. The number of hydrogen-bond donors (Lipinski definition) is 0. The highest BCUT2D eigenvalue weighted by molar-refractivity contribution is 5.96. The van der Waals surface area contributed by atoms with Gasteiger partial charge < -0.3 is 9.47 Å². The molecule has 0 radical (unpaired) electrons. The van der Waals surface area contributed by atoms with Gasteiger partial charge in [0.2, 0.25) is 0 Å². The summed E-state index contributed by atoms with van der Waals surface area (Å²) in [6, 6.07) is 0. The van der Waals surface area contributed by atoms with Gasteiger partial charge in [-0.05, 0) is 25.5 Å². The molecule has 5 nitrogen and oxygen atoms in total. The molecule has 0 aromatic carbocycles. The normalized spacial score (nSPS) is 37.3. The molecule has 2 rings (SSSR count). The average molecular weight is 306 g/mol. The molecule has 4 atom stereocenters. The lowest BCUT2D eigenvalue weighted by Crippen LogP contribution is -2.35. The van der Waals surface area contributed by atoms with Crippen molar-refractivity contribution in [3.8, 4) is 0 Å². The van der Waals surface area contributed by atoms with E-state index in [4.69, 9.17) is 9.47 Å². The van der Waals surface area contributed by atoms with Crippen LogP contribution < -0.4 is 0 Å². The van der Waals surface area contributed by atoms with E-state index in [9.17, 15) is 14.4 Å². The molecule has 5 heteroatoms. The fourth-order valence-electron chi connectivity index (χ4n) is 3.08. The number of ether oxygens (including phenoxy) is 2. The predicted octanol–water partition coefficient (Wildman–Crippen LogP) is 2.35. The highest BCUT2D eigenvalue weighted by Gasteiger charge is 2.46. The zero-order valence-electron chi connectivity index (χ0n) is 13.4. The van der Waals surface area contributed by atoms with Gasteiger partial charge in [0.25, 0.3) is 0 Å². The van der Waals surface area contributed by atoms with E-state index in [-0.39, 0.29) is 29.6 Å². The van der Waals surface area contributed by atoms with E-state index in [0.29, 0.717) is 18.4 Å². The Hall–Kier alpha value is -1.91. The van der Waals surface area contributed by atoms with Crippen LogP contribution in [0.15, 0.2) is 23.3 Å². The molecule has 0 amide bonds. The summed E-state index contributed by atoms with van der Waals surface area (Å²) >= 11 is 0. The number of allylic oxidation sites excluding steroid dienone is 2. The number of esters is 2. The molecule has 1 aliphatic heterocycles. The molecule has 0 aromatic rings. The van der Waals surface area contributed by atoms with Crippen LogP contribution in [-0.4, -0.2) is 29.9 Å². The molecular weight excluding hydrogens is 284 g/mol. The number of ketones is 1. The highest BCUT2D eigenvalue weighted by Crippen LogP contribution is 2.36. The molecule has 0 bridgehead atoms. The van der Waals surface area contributed by atoms with Crippen LogP contribution in [0.3, 0.4) is 0 Å². The molecule has 1 aliphatic carbocycles. The van der Waals surface area contributed by atoms with Gasteiger partial charge in [-0.3, -0.25) is 14.4 Å². The van der Waals surface area contributed by atoms with Gasteiger partial charge in [0, 0.05) is 19.8 Å². The lowest BCUT2D eigenvalue weighted by Gasteiger charge is -2.28. The van der Waals surface area contributed by atoms with Crippen LogP contribution in [0.2, 0.25) is 0 Å². The molecule has 120 valence electrons. The van der Waals surface area contributed by atoms with Crippen LogP contribution in [0, 0.1) is 11.8 Å². The maximum Gasteiger partial charge on any atom is 0.309 e. The first-order chi connectivity index (χ1) is 10.3. The van der Waals surface area contributed by atoms with Gasteiger partial charge in [-0.15, -0.1) is 0 Å². The molecule has 0 N–H and O–H groups in total. The second kappa shape index (κ2) is 6.46. The zero-order valence-corrected chi connectivity index (χ0v) is 13.4. The number of hydrogen-bond acceptors (Lipinski definition) is 5.